The van der Waals surface area contributed by atoms with Crippen LogP contribution in [0.3, 0.4) is 0 Å². The van der Waals surface area contributed by atoms with E-state index in [-0.39, 0.29) is 0 Å². The maximum atomic E-state index is 5.79. The van der Waals surface area contributed by atoms with E-state index in [1.54, 1.807) is 14.2 Å². The number of morpholine rings is 1. The first kappa shape index (κ1) is 22.9. The fourth-order valence-corrected chi connectivity index (χ4v) is 3.44. The Morgan fingerprint density at radius 1 is 1.03 bits per heavy atom. The minimum Gasteiger partial charge on any atom is -0.497 e. The van der Waals surface area contributed by atoms with Crippen LogP contribution in [-0.4, -0.2) is 64.5 Å². The number of guanidine groups is 1. The van der Waals surface area contributed by atoms with E-state index in [0.717, 1.165) is 69.8 Å². The van der Waals surface area contributed by atoms with Crippen LogP contribution < -0.4 is 20.1 Å². The first-order valence-electron chi connectivity index (χ1n) is 10.9. The van der Waals surface area contributed by atoms with Gasteiger partial charge in [0.2, 0.25) is 0 Å². The van der Waals surface area contributed by atoms with E-state index >= 15 is 0 Å². The molecule has 1 heterocycles. The Hall–Kier alpha value is -2.77. The van der Waals surface area contributed by atoms with Crippen molar-refractivity contribution in [3.8, 4) is 11.5 Å². The Labute approximate surface area is 185 Å². The van der Waals surface area contributed by atoms with E-state index in [1.165, 1.54) is 11.1 Å². The largest absolute Gasteiger partial charge is 0.497 e. The van der Waals surface area contributed by atoms with Crippen molar-refractivity contribution < 1.29 is 14.2 Å². The van der Waals surface area contributed by atoms with Crippen molar-refractivity contribution >= 4 is 5.96 Å². The Bertz CT molecular complexity index is 822. The van der Waals surface area contributed by atoms with Crippen molar-refractivity contribution in [1.82, 2.24) is 15.5 Å². The molecule has 0 atom stereocenters. The molecule has 1 aliphatic rings. The third-order valence-electron chi connectivity index (χ3n) is 5.21. The first-order chi connectivity index (χ1) is 15.3. The lowest BCUT2D eigenvalue weighted by Crippen LogP contribution is -2.38. The zero-order valence-electron chi connectivity index (χ0n) is 18.6. The van der Waals surface area contributed by atoms with Crippen LogP contribution in [-0.2, 0) is 17.8 Å². The zero-order valence-corrected chi connectivity index (χ0v) is 18.6. The number of hydrogen-bond donors (Lipinski definition) is 2. The Morgan fingerprint density at radius 2 is 1.81 bits per heavy atom. The summed E-state index contributed by atoms with van der Waals surface area (Å²) in [7, 11) is 3.45. The molecule has 7 nitrogen and oxygen atoms in total. The molecule has 0 spiro atoms. The number of hydrogen-bond acceptors (Lipinski definition) is 5. The van der Waals surface area contributed by atoms with Crippen LogP contribution in [0.25, 0.3) is 0 Å². The summed E-state index contributed by atoms with van der Waals surface area (Å²) in [6, 6.07) is 16.2. The molecule has 0 aliphatic carbocycles. The van der Waals surface area contributed by atoms with Crippen molar-refractivity contribution in [2.24, 2.45) is 4.99 Å². The third-order valence-corrected chi connectivity index (χ3v) is 5.21. The minimum absolute atomic E-state index is 0.625. The van der Waals surface area contributed by atoms with Crippen LogP contribution in [0.15, 0.2) is 53.5 Å². The highest BCUT2D eigenvalue weighted by Crippen LogP contribution is 2.18. The van der Waals surface area contributed by atoms with Crippen LogP contribution >= 0.6 is 0 Å². The number of rotatable bonds is 10. The van der Waals surface area contributed by atoms with Crippen molar-refractivity contribution in [3.63, 3.8) is 0 Å². The van der Waals surface area contributed by atoms with Gasteiger partial charge in [0.1, 0.15) is 11.5 Å². The van der Waals surface area contributed by atoms with Crippen LogP contribution in [0.4, 0.5) is 0 Å². The number of aliphatic imine (C=N–C) groups is 1. The highest BCUT2D eigenvalue weighted by molar-refractivity contribution is 5.79. The molecule has 1 fully saturated rings. The van der Waals surface area contributed by atoms with Gasteiger partial charge in [0.15, 0.2) is 5.96 Å². The number of methoxy groups -OCH3 is 1. The average molecular weight is 427 g/mol. The van der Waals surface area contributed by atoms with Crippen molar-refractivity contribution in [1.29, 1.82) is 0 Å². The van der Waals surface area contributed by atoms with Crippen LogP contribution in [0, 0.1) is 0 Å². The van der Waals surface area contributed by atoms with Crippen LogP contribution in [0.1, 0.15) is 17.5 Å². The molecule has 1 saturated heterocycles. The Morgan fingerprint density at radius 3 is 2.58 bits per heavy atom. The summed E-state index contributed by atoms with van der Waals surface area (Å²) in [6.07, 6.45) is 0.867. The smallest absolute Gasteiger partial charge is 0.191 e. The van der Waals surface area contributed by atoms with Gasteiger partial charge in [0.25, 0.3) is 0 Å². The molecule has 2 aromatic rings. The molecule has 0 radical (unpaired) electrons. The van der Waals surface area contributed by atoms with Crippen LogP contribution in [0.5, 0.6) is 11.5 Å². The average Bonchev–Trinajstić information content (AvgIpc) is 2.82. The maximum Gasteiger partial charge on any atom is 0.191 e. The lowest BCUT2D eigenvalue weighted by atomic mass is 10.1. The highest BCUT2D eigenvalue weighted by Gasteiger charge is 2.12. The van der Waals surface area contributed by atoms with Crippen molar-refractivity contribution in [2.75, 3.05) is 53.6 Å². The van der Waals surface area contributed by atoms with Gasteiger partial charge in [-0.15, -0.1) is 0 Å². The van der Waals surface area contributed by atoms with E-state index in [4.69, 9.17) is 14.2 Å². The monoisotopic (exact) mass is 426 g/mol. The van der Waals surface area contributed by atoms with E-state index in [9.17, 15) is 0 Å². The quantitative estimate of drug-likeness (QED) is 0.346. The normalized spacial score (nSPS) is 14.8. The second-order valence-electron chi connectivity index (χ2n) is 7.39. The predicted molar refractivity (Wildman–Crippen MR) is 124 cm³/mol. The highest BCUT2D eigenvalue weighted by atomic mass is 16.5. The summed E-state index contributed by atoms with van der Waals surface area (Å²) in [5.74, 6) is 2.41. The van der Waals surface area contributed by atoms with Gasteiger partial charge in [-0.2, -0.15) is 0 Å². The number of nitrogens with zero attached hydrogens (tertiary/aromatic N) is 2. The van der Waals surface area contributed by atoms with Crippen LogP contribution in [0.2, 0.25) is 0 Å². The summed E-state index contributed by atoms with van der Waals surface area (Å²) < 4.78 is 16.5. The Kier molecular flexibility index (Phi) is 9.47. The second-order valence-corrected chi connectivity index (χ2v) is 7.39. The molecule has 7 heteroatoms. The van der Waals surface area contributed by atoms with Crippen molar-refractivity contribution in [2.45, 2.75) is 19.5 Å². The third kappa shape index (κ3) is 7.77. The lowest BCUT2D eigenvalue weighted by Gasteiger charge is -2.27. The number of nitrogens with one attached hydrogen (secondary N) is 2. The molecule has 1 aliphatic heterocycles. The molecule has 2 N–H and O–H groups in total. The molecule has 0 bridgehead atoms. The summed E-state index contributed by atoms with van der Waals surface area (Å²) in [6.45, 7) is 6.70. The summed E-state index contributed by atoms with van der Waals surface area (Å²) in [5, 5.41) is 6.78. The second kappa shape index (κ2) is 12.8. The molecule has 3 rings (SSSR count). The molecule has 168 valence electrons. The SMILES string of the molecule is CN=C(NCCCOc1cccc(OC)c1)NCc1ccccc1CN1CCOCC1. The molecule has 0 aromatic heterocycles. The van der Waals surface area contributed by atoms with Gasteiger partial charge in [0, 0.05) is 45.8 Å². The van der Waals surface area contributed by atoms with Gasteiger partial charge in [-0.3, -0.25) is 9.89 Å². The first-order valence-corrected chi connectivity index (χ1v) is 10.9. The molecule has 31 heavy (non-hydrogen) atoms. The molecule has 0 amide bonds. The summed E-state index contributed by atoms with van der Waals surface area (Å²) in [4.78, 5) is 6.78. The lowest BCUT2D eigenvalue weighted by molar-refractivity contribution is 0.0341. The van der Waals surface area contributed by atoms with Gasteiger partial charge in [0.05, 0.1) is 26.9 Å². The number of benzene rings is 2. The molecule has 0 saturated carbocycles. The van der Waals surface area contributed by atoms with E-state index < -0.39 is 0 Å². The fraction of sp³-hybridized carbons (Fsp3) is 0.458. The number of ether oxygens (including phenoxy) is 3. The summed E-state index contributed by atoms with van der Waals surface area (Å²) >= 11 is 0. The van der Waals surface area contributed by atoms with E-state index in [0.29, 0.717) is 6.61 Å². The molecule has 2 aromatic carbocycles. The van der Waals surface area contributed by atoms with Gasteiger partial charge >= 0.3 is 0 Å². The van der Waals surface area contributed by atoms with E-state index in [2.05, 4.69) is 44.8 Å². The standard InChI is InChI=1S/C24H34N4O3/c1-25-24(26-11-6-14-31-23-10-5-9-22(17-23)29-2)27-18-20-7-3-4-8-21(20)19-28-12-15-30-16-13-28/h3-5,7-10,17H,6,11-16,18-19H2,1-2H3,(H2,25,26,27). The zero-order chi connectivity index (χ0) is 21.7. The maximum absolute atomic E-state index is 5.79. The van der Waals surface area contributed by atoms with Gasteiger partial charge in [-0.05, 0) is 29.7 Å². The summed E-state index contributed by atoms with van der Waals surface area (Å²) in [5.41, 5.74) is 2.64. The molecular weight excluding hydrogens is 392 g/mol. The fourth-order valence-electron chi connectivity index (χ4n) is 3.44. The van der Waals surface area contributed by atoms with E-state index in [1.807, 2.05) is 24.3 Å². The van der Waals surface area contributed by atoms with Gasteiger partial charge < -0.3 is 24.8 Å². The topological polar surface area (TPSA) is 67.4 Å². The molecular formula is C24H34N4O3. The minimum atomic E-state index is 0.625. The van der Waals surface area contributed by atoms with Gasteiger partial charge in [-0.1, -0.05) is 30.3 Å². The Balaban J connectivity index is 1.39. The molecule has 0 unspecified atom stereocenters. The van der Waals surface area contributed by atoms with Gasteiger partial charge in [-0.25, -0.2) is 0 Å². The predicted octanol–water partition coefficient (Wildman–Crippen LogP) is 2.66. The van der Waals surface area contributed by atoms with Crippen molar-refractivity contribution in [3.05, 3.63) is 59.7 Å².